The molecule has 3 aromatic carbocycles. The summed E-state index contributed by atoms with van der Waals surface area (Å²) in [5, 5.41) is -0.0186. The van der Waals surface area contributed by atoms with Crippen molar-refractivity contribution in [1.29, 1.82) is 0 Å². The van der Waals surface area contributed by atoms with E-state index >= 15 is 0 Å². The molecule has 0 saturated heterocycles. The maximum atomic E-state index is 13.1. The second-order valence-corrected chi connectivity index (χ2v) is 10.3. The molecule has 3 rings (SSSR count). The molecule has 3 aromatic rings. The van der Waals surface area contributed by atoms with Gasteiger partial charge in [-0.1, -0.05) is 41.9 Å². The highest BCUT2D eigenvalue weighted by atomic mass is 35.5. The van der Waals surface area contributed by atoms with Crippen molar-refractivity contribution in [2.24, 2.45) is 0 Å². The molecule has 0 aliphatic carbocycles. The fourth-order valence-corrected chi connectivity index (χ4v) is 4.84. The number of methoxy groups -OCH3 is 3. The van der Waals surface area contributed by atoms with Crippen LogP contribution in [0.2, 0.25) is 5.02 Å². The molecule has 37 heavy (non-hydrogen) atoms. The number of hydrogen-bond acceptors (Lipinski definition) is 8. The molecule has 0 fully saturated rings. The third kappa shape index (κ3) is 6.40. The predicted molar refractivity (Wildman–Crippen MR) is 137 cm³/mol. The van der Waals surface area contributed by atoms with Gasteiger partial charge in [-0.25, -0.2) is 13.2 Å². The van der Waals surface area contributed by atoms with Crippen LogP contribution in [0.1, 0.15) is 26.3 Å². The van der Waals surface area contributed by atoms with Crippen molar-refractivity contribution >= 4 is 33.4 Å². The van der Waals surface area contributed by atoms with Crippen molar-refractivity contribution in [3.8, 4) is 17.2 Å². The van der Waals surface area contributed by atoms with Gasteiger partial charge in [-0.2, -0.15) is 4.31 Å². The SMILES string of the molecule is COc1cc(C(=O)COC(=O)c2cc(S(=O)(=O)N(C)Cc3ccccc3)ccc2Cl)cc(OC)c1OC. The quantitative estimate of drug-likeness (QED) is 0.259. The normalized spacial score (nSPS) is 11.2. The second kappa shape index (κ2) is 12.1. The maximum Gasteiger partial charge on any atom is 0.340 e. The Morgan fingerprint density at radius 2 is 1.51 bits per heavy atom. The predicted octanol–water partition coefficient (Wildman–Crippen LogP) is 4.23. The molecule has 0 radical (unpaired) electrons. The lowest BCUT2D eigenvalue weighted by Gasteiger charge is -2.18. The fraction of sp³-hybridized carbons (Fsp3) is 0.231. The van der Waals surface area contributed by atoms with Crippen LogP contribution in [0.15, 0.2) is 65.6 Å². The zero-order valence-electron chi connectivity index (χ0n) is 20.7. The molecule has 11 heteroatoms. The van der Waals surface area contributed by atoms with Crippen LogP contribution in [0.4, 0.5) is 0 Å². The van der Waals surface area contributed by atoms with E-state index in [1.165, 1.54) is 52.6 Å². The van der Waals surface area contributed by atoms with Crippen molar-refractivity contribution in [2.45, 2.75) is 11.4 Å². The first kappa shape index (κ1) is 28.0. The molecule has 0 atom stereocenters. The van der Waals surface area contributed by atoms with Crippen molar-refractivity contribution in [3.05, 3.63) is 82.4 Å². The monoisotopic (exact) mass is 547 g/mol. The summed E-state index contributed by atoms with van der Waals surface area (Å²) >= 11 is 6.15. The summed E-state index contributed by atoms with van der Waals surface area (Å²) in [5.41, 5.74) is 0.772. The highest BCUT2D eigenvalue weighted by molar-refractivity contribution is 7.89. The molecule has 0 aliphatic rings. The van der Waals surface area contributed by atoms with Gasteiger partial charge in [-0.05, 0) is 35.9 Å². The number of halogens is 1. The first-order valence-corrected chi connectivity index (χ1v) is 12.7. The fourth-order valence-electron chi connectivity index (χ4n) is 3.46. The maximum absolute atomic E-state index is 13.1. The number of ether oxygens (including phenoxy) is 4. The Labute approximate surface area is 220 Å². The van der Waals surface area contributed by atoms with Gasteiger partial charge in [-0.15, -0.1) is 0 Å². The molecule has 0 saturated carbocycles. The Morgan fingerprint density at radius 3 is 2.08 bits per heavy atom. The molecule has 9 nitrogen and oxygen atoms in total. The minimum atomic E-state index is -3.95. The van der Waals surface area contributed by atoms with Gasteiger partial charge >= 0.3 is 5.97 Å². The summed E-state index contributed by atoms with van der Waals surface area (Å²) in [6.45, 7) is -0.493. The topological polar surface area (TPSA) is 108 Å². The summed E-state index contributed by atoms with van der Waals surface area (Å²) < 4.78 is 48.2. The van der Waals surface area contributed by atoms with E-state index in [2.05, 4.69) is 0 Å². The zero-order valence-corrected chi connectivity index (χ0v) is 22.3. The van der Waals surface area contributed by atoms with Crippen LogP contribution in [-0.4, -0.2) is 59.5 Å². The molecule has 0 unspecified atom stereocenters. The Bertz CT molecular complexity index is 1370. The molecule has 196 valence electrons. The van der Waals surface area contributed by atoms with E-state index in [0.29, 0.717) is 5.75 Å². The number of carbonyl (C=O) groups is 2. The Kier molecular flexibility index (Phi) is 9.14. The lowest BCUT2D eigenvalue weighted by Crippen LogP contribution is -2.26. The number of benzene rings is 3. The molecular formula is C26H26ClNO8S. The lowest BCUT2D eigenvalue weighted by atomic mass is 10.1. The van der Waals surface area contributed by atoms with Gasteiger partial charge in [0.15, 0.2) is 18.1 Å². The van der Waals surface area contributed by atoms with Crippen LogP contribution < -0.4 is 14.2 Å². The van der Waals surface area contributed by atoms with Crippen molar-refractivity contribution in [3.63, 3.8) is 0 Å². The highest BCUT2D eigenvalue weighted by Crippen LogP contribution is 2.38. The van der Waals surface area contributed by atoms with Crippen molar-refractivity contribution in [1.82, 2.24) is 4.31 Å². The summed E-state index contributed by atoms with van der Waals surface area (Å²) in [4.78, 5) is 25.3. The van der Waals surface area contributed by atoms with E-state index < -0.39 is 28.4 Å². The average molecular weight is 548 g/mol. The molecular weight excluding hydrogens is 522 g/mol. The molecule has 0 bridgehead atoms. The Hall–Kier alpha value is -3.60. The van der Waals surface area contributed by atoms with E-state index in [1.807, 2.05) is 30.3 Å². The number of rotatable bonds is 11. The first-order valence-electron chi connectivity index (χ1n) is 10.9. The lowest BCUT2D eigenvalue weighted by molar-refractivity contribution is 0.0474. The third-order valence-corrected chi connectivity index (χ3v) is 7.56. The molecule has 0 amide bonds. The minimum absolute atomic E-state index is 0.0186. The van der Waals surface area contributed by atoms with Crippen LogP contribution in [-0.2, 0) is 21.3 Å². The molecule has 0 aliphatic heterocycles. The average Bonchev–Trinajstić information content (AvgIpc) is 2.91. The van der Waals surface area contributed by atoms with Gasteiger partial charge in [0.2, 0.25) is 21.6 Å². The van der Waals surface area contributed by atoms with Gasteiger partial charge in [0, 0.05) is 19.2 Å². The summed E-state index contributed by atoms with van der Waals surface area (Å²) in [7, 11) is 1.74. The number of sulfonamides is 1. The van der Waals surface area contributed by atoms with Crippen LogP contribution in [0.5, 0.6) is 17.2 Å². The van der Waals surface area contributed by atoms with Crippen LogP contribution in [0.3, 0.4) is 0 Å². The van der Waals surface area contributed by atoms with Gasteiger partial charge in [0.25, 0.3) is 0 Å². The van der Waals surface area contributed by atoms with E-state index in [4.69, 9.17) is 30.5 Å². The number of ketones is 1. The van der Waals surface area contributed by atoms with Crippen LogP contribution >= 0.6 is 11.6 Å². The van der Waals surface area contributed by atoms with Crippen molar-refractivity contribution < 1.29 is 37.0 Å². The number of hydrogen-bond donors (Lipinski definition) is 0. The Balaban J connectivity index is 1.77. The summed E-state index contributed by atoms with van der Waals surface area (Å²) in [5.74, 6) is -0.668. The third-order valence-electron chi connectivity index (χ3n) is 5.44. The van der Waals surface area contributed by atoms with Gasteiger partial charge in [-0.3, -0.25) is 4.79 Å². The van der Waals surface area contributed by atoms with E-state index in [0.717, 1.165) is 15.9 Å². The standard InChI is InChI=1S/C26H26ClNO8S/c1-28(15-17-8-6-5-7-9-17)37(31,32)19-10-11-21(27)20(14-19)26(30)36-16-22(29)18-12-23(33-2)25(35-4)24(13-18)34-3/h5-14H,15-16H2,1-4H3. The highest BCUT2D eigenvalue weighted by Gasteiger charge is 2.25. The smallest absolute Gasteiger partial charge is 0.340 e. The van der Waals surface area contributed by atoms with Crippen LogP contribution in [0.25, 0.3) is 0 Å². The molecule has 0 aromatic heterocycles. The van der Waals surface area contributed by atoms with Gasteiger partial charge in [0.1, 0.15) is 0 Å². The van der Waals surface area contributed by atoms with Gasteiger partial charge < -0.3 is 18.9 Å². The number of esters is 1. The van der Waals surface area contributed by atoms with E-state index in [-0.39, 0.29) is 39.1 Å². The largest absolute Gasteiger partial charge is 0.493 e. The number of nitrogens with zero attached hydrogens (tertiary/aromatic N) is 1. The zero-order chi connectivity index (χ0) is 27.2. The van der Waals surface area contributed by atoms with Crippen LogP contribution in [0, 0.1) is 0 Å². The molecule has 0 heterocycles. The second-order valence-electron chi connectivity index (χ2n) is 7.80. The van der Waals surface area contributed by atoms with Gasteiger partial charge in [0.05, 0.1) is 36.8 Å². The molecule has 0 N–H and O–H groups in total. The Morgan fingerprint density at radius 1 is 0.892 bits per heavy atom. The van der Waals surface area contributed by atoms with E-state index in [1.54, 1.807) is 0 Å². The summed E-state index contributed by atoms with van der Waals surface area (Å²) in [6, 6.07) is 15.7. The van der Waals surface area contributed by atoms with Crippen molar-refractivity contribution in [2.75, 3.05) is 35.0 Å². The number of Topliss-reactive ketones (excluding diaryl/α,β-unsaturated/α-hetero) is 1. The minimum Gasteiger partial charge on any atom is -0.493 e. The summed E-state index contributed by atoms with van der Waals surface area (Å²) in [6.07, 6.45) is 0. The van der Waals surface area contributed by atoms with E-state index in [9.17, 15) is 18.0 Å². The number of carbonyl (C=O) groups excluding carboxylic acids is 2. The molecule has 0 spiro atoms. The first-order chi connectivity index (χ1) is 17.6.